The van der Waals surface area contributed by atoms with Gasteiger partial charge in [-0.3, -0.25) is 14.9 Å². The molecule has 2 N–H and O–H groups in total. The van der Waals surface area contributed by atoms with Crippen LogP contribution in [0.1, 0.15) is 16.7 Å². The summed E-state index contributed by atoms with van der Waals surface area (Å²) >= 11 is 0. The molecule has 0 radical (unpaired) electrons. The van der Waals surface area contributed by atoms with Gasteiger partial charge in [-0.2, -0.15) is 0 Å². The minimum atomic E-state index is -1.32. The fraction of sp³-hybridized carbons (Fsp3) is 0.167. The molecule has 1 saturated heterocycles. The number of aryl methyl sites for hydroxylation is 1. The first-order valence-corrected chi connectivity index (χ1v) is 7.49. The number of hydrogen-bond donors (Lipinski definition) is 2. The Balaban J connectivity index is 2.11. The van der Waals surface area contributed by atoms with Crippen molar-refractivity contribution < 1.29 is 9.59 Å². The Morgan fingerprint density at radius 3 is 2.46 bits per heavy atom. The molecular weight excluding hydrogens is 306 g/mol. The molecular formula is C18H17N3O3. The second kappa shape index (κ2) is 5.81. The largest absolute Gasteiger partial charge is 0.322 e. The first-order chi connectivity index (χ1) is 11.5. The summed E-state index contributed by atoms with van der Waals surface area (Å²) in [5.74, 6) is -0.479. The van der Waals surface area contributed by atoms with E-state index >= 15 is 0 Å². The van der Waals surface area contributed by atoms with E-state index in [1.807, 2.05) is 0 Å². The number of carbonyl (C=O) groups excluding carboxylic acids is 2. The predicted octanol–water partition coefficient (Wildman–Crippen LogP) is 1.53. The summed E-state index contributed by atoms with van der Waals surface area (Å²) in [4.78, 5) is 36.6. The van der Waals surface area contributed by atoms with Crippen molar-refractivity contribution in [1.29, 1.82) is 0 Å². The van der Waals surface area contributed by atoms with Crippen LogP contribution in [0.3, 0.4) is 0 Å². The zero-order valence-corrected chi connectivity index (χ0v) is 13.2. The molecule has 122 valence electrons. The Bertz CT molecular complexity index is 883. The van der Waals surface area contributed by atoms with E-state index in [1.54, 1.807) is 55.6 Å². The van der Waals surface area contributed by atoms with Crippen LogP contribution >= 0.6 is 0 Å². The number of aromatic nitrogens is 1. The molecule has 1 fully saturated rings. The van der Waals surface area contributed by atoms with Crippen LogP contribution in [-0.4, -0.2) is 16.5 Å². The maximum absolute atomic E-state index is 12.5. The third-order valence-electron chi connectivity index (χ3n) is 4.20. The maximum atomic E-state index is 12.5. The summed E-state index contributed by atoms with van der Waals surface area (Å²) in [5, 5.41) is 4.95. The van der Waals surface area contributed by atoms with E-state index in [1.165, 1.54) is 4.57 Å². The fourth-order valence-electron chi connectivity index (χ4n) is 2.84. The zero-order valence-electron chi connectivity index (χ0n) is 13.2. The summed E-state index contributed by atoms with van der Waals surface area (Å²) in [6, 6.07) is 9.99. The lowest BCUT2D eigenvalue weighted by Crippen LogP contribution is -2.49. The number of hydrogen-bond acceptors (Lipinski definition) is 3. The molecule has 1 atom stereocenters. The molecule has 1 aromatic heterocycles. The normalized spacial score (nSPS) is 19.7. The lowest BCUT2D eigenvalue weighted by molar-refractivity contribution is -0.124. The van der Waals surface area contributed by atoms with Crippen LogP contribution in [0.2, 0.25) is 0 Å². The SMILES string of the molecule is C=Cc1ccc(C2(Cn3cccc(C)c3=O)NC(=O)NC2=O)cc1. The Morgan fingerprint density at radius 2 is 1.88 bits per heavy atom. The molecule has 1 aromatic carbocycles. The van der Waals surface area contributed by atoms with Gasteiger partial charge >= 0.3 is 6.03 Å². The minimum absolute atomic E-state index is 0.0124. The first-order valence-electron chi connectivity index (χ1n) is 7.49. The fourth-order valence-corrected chi connectivity index (χ4v) is 2.84. The summed E-state index contributed by atoms with van der Waals surface area (Å²) in [6.45, 7) is 5.42. The highest BCUT2D eigenvalue weighted by Gasteiger charge is 2.48. The summed E-state index contributed by atoms with van der Waals surface area (Å²) < 4.78 is 1.43. The molecule has 6 heteroatoms. The number of rotatable bonds is 4. The van der Waals surface area contributed by atoms with E-state index in [2.05, 4.69) is 17.2 Å². The third kappa shape index (κ3) is 2.52. The maximum Gasteiger partial charge on any atom is 0.322 e. The van der Waals surface area contributed by atoms with E-state index in [0.29, 0.717) is 11.1 Å². The van der Waals surface area contributed by atoms with Gasteiger partial charge < -0.3 is 9.88 Å². The summed E-state index contributed by atoms with van der Waals surface area (Å²) in [5.41, 5.74) is 0.540. The Morgan fingerprint density at radius 1 is 1.17 bits per heavy atom. The molecule has 2 heterocycles. The molecule has 0 bridgehead atoms. The van der Waals surface area contributed by atoms with Crippen molar-refractivity contribution in [2.75, 3.05) is 0 Å². The molecule has 0 saturated carbocycles. The van der Waals surface area contributed by atoms with Gasteiger partial charge in [0, 0.05) is 11.8 Å². The van der Waals surface area contributed by atoms with Crippen LogP contribution in [0.5, 0.6) is 0 Å². The van der Waals surface area contributed by atoms with Gasteiger partial charge in [0.15, 0.2) is 5.54 Å². The Hall–Kier alpha value is -3.15. The van der Waals surface area contributed by atoms with Crippen LogP contribution in [0.4, 0.5) is 4.79 Å². The van der Waals surface area contributed by atoms with Crippen molar-refractivity contribution in [1.82, 2.24) is 15.2 Å². The number of carbonyl (C=O) groups is 2. The van der Waals surface area contributed by atoms with Crippen molar-refractivity contribution in [3.63, 3.8) is 0 Å². The number of imide groups is 1. The Kier molecular flexibility index (Phi) is 3.81. The molecule has 1 aliphatic heterocycles. The average molecular weight is 323 g/mol. The second-order valence-corrected chi connectivity index (χ2v) is 5.76. The van der Waals surface area contributed by atoms with E-state index < -0.39 is 17.5 Å². The van der Waals surface area contributed by atoms with Crippen molar-refractivity contribution >= 4 is 18.0 Å². The molecule has 3 rings (SSSR count). The van der Waals surface area contributed by atoms with Gasteiger partial charge in [-0.25, -0.2) is 4.79 Å². The molecule has 0 spiro atoms. The van der Waals surface area contributed by atoms with Crippen molar-refractivity contribution in [2.45, 2.75) is 19.0 Å². The molecule has 6 nitrogen and oxygen atoms in total. The predicted molar refractivity (Wildman–Crippen MR) is 90.3 cm³/mol. The quantitative estimate of drug-likeness (QED) is 0.838. The monoisotopic (exact) mass is 323 g/mol. The first kappa shape index (κ1) is 15.7. The minimum Gasteiger partial charge on any atom is -0.318 e. The van der Waals surface area contributed by atoms with Crippen LogP contribution < -0.4 is 16.2 Å². The summed E-state index contributed by atoms with van der Waals surface area (Å²) in [7, 11) is 0. The standard InChI is InChI=1S/C18H17N3O3/c1-3-13-6-8-14(9-7-13)18(16(23)19-17(24)20-18)11-21-10-4-5-12(2)15(21)22/h3-10H,1,11H2,2H3,(H2,19,20,23,24). The number of amides is 3. The van der Waals surface area contributed by atoms with Gasteiger partial charge in [-0.1, -0.05) is 43.0 Å². The second-order valence-electron chi connectivity index (χ2n) is 5.76. The molecule has 24 heavy (non-hydrogen) atoms. The number of pyridine rings is 1. The highest BCUT2D eigenvalue weighted by molar-refractivity contribution is 6.07. The lowest BCUT2D eigenvalue weighted by Gasteiger charge is -2.27. The van der Waals surface area contributed by atoms with Crippen LogP contribution in [0.15, 0.2) is 54.0 Å². The highest BCUT2D eigenvalue weighted by Crippen LogP contribution is 2.27. The van der Waals surface area contributed by atoms with Gasteiger partial charge in [0.2, 0.25) is 0 Å². The molecule has 0 aliphatic carbocycles. The van der Waals surface area contributed by atoms with E-state index in [0.717, 1.165) is 5.56 Å². The molecule has 1 aliphatic rings. The Labute approximate surface area is 138 Å². The van der Waals surface area contributed by atoms with E-state index in [4.69, 9.17) is 0 Å². The van der Waals surface area contributed by atoms with Gasteiger partial charge in [0.25, 0.3) is 11.5 Å². The topological polar surface area (TPSA) is 80.2 Å². The van der Waals surface area contributed by atoms with Crippen LogP contribution in [0.25, 0.3) is 6.08 Å². The van der Waals surface area contributed by atoms with Gasteiger partial charge in [-0.15, -0.1) is 0 Å². The lowest BCUT2D eigenvalue weighted by atomic mass is 9.89. The molecule has 3 amide bonds. The number of urea groups is 1. The number of benzene rings is 1. The zero-order chi connectivity index (χ0) is 17.3. The molecule has 1 unspecified atom stereocenters. The number of nitrogens with one attached hydrogen (secondary N) is 2. The van der Waals surface area contributed by atoms with Crippen molar-refractivity contribution in [3.8, 4) is 0 Å². The highest BCUT2D eigenvalue weighted by atomic mass is 16.2. The number of nitrogens with zero attached hydrogens (tertiary/aromatic N) is 1. The summed E-state index contributed by atoms with van der Waals surface area (Å²) in [6.07, 6.45) is 3.29. The van der Waals surface area contributed by atoms with Gasteiger partial charge in [0.1, 0.15) is 0 Å². The van der Waals surface area contributed by atoms with Crippen molar-refractivity contribution in [2.24, 2.45) is 0 Å². The van der Waals surface area contributed by atoms with Crippen molar-refractivity contribution in [3.05, 3.63) is 76.2 Å². The van der Waals surface area contributed by atoms with Gasteiger partial charge in [0.05, 0.1) is 6.54 Å². The smallest absolute Gasteiger partial charge is 0.318 e. The van der Waals surface area contributed by atoms with E-state index in [-0.39, 0.29) is 12.1 Å². The molecule has 2 aromatic rings. The third-order valence-corrected chi connectivity index (χ3v) is 4.20. The van der Waals surface area contributed by atoms with Crippen LogP contribution in [-0.2, 0) is 16.9 Å². The van der Waals surface area contributed by atoms with E-state index in [9.17, 15) is 14.4 Å². The van der Waals surface area contributed by atoms with Gasteiger partial charge in [-0.05, 0) is 24.1 Å². The average Bonchev–Trinajstić information content (AvgIpc) is 2.86. The van der Waals surface area contributed by atoms with Crippen LogP contribution in [0, 0.1) is 6.92 Å².